The van der Waals surface area contributed by atoms with Crippen LogP contribution in [0.5, 0.6) is 5.75 Å². The number of hydrogen-bond donors (Lipinski definition) is 2. The molecule has 2 N–H and O–H groups in total. The van der Waals surface area contributed by atoms with Crippen molar-refractivity contribution in [1.82, 2.24) is 14.9 Å². The fourth-order valence-electron chi connectivity index (χ4n) is 2.88. The maximum Gasteiger partial charge on any atom is 0.272 e. The summed E-state index contributed by atoms with van der Waals surface area (Å²) in [5.74, 6) is -0.0272. The van der Waals surface area contributed by atoms with Gasteiger partial charge in [0, 0.05) is 11.9 Å². The fraction of sp³-hybridized carbons (Fsp3) is 0.0870. The Labute approximate surface area is 173 Å². The predicted molar refractivity (Wildman–Crippen MR) is 113 cm³/mol. The van der Waals surface area contributed by atoms with Crippen LogP contribution in [-0.4, -0.2) is 28.0 Å². The van der Waals surface area contributed by atoms with Crippen LogP contribution < -0.4 is 15.4 Å². The minimum atomic E-state index is -0.404. The summed E-state index contributed by atoms with van der Waals surface area (Å²) in [6, 6.07) is 24.2. The molecule has 0 saturated heterocycles. The molecule has 2 aromatic heterocycles. The molecule has 0 fully saturated rings. The molecular formula is C23H20N4O3. The summed E-state index contributed by atoms with van der Waals surface area (Å²) in [6.07, 6.45) is 1.76. The first-order valence-corrected chi connectivity index (χ1v) is 9.47. The van der Waals surface area contributed by atoms with E-state index in [-0.39, 0.29) is 18.1 Å². The van der Waals surface area contributed by atoms with E-state index in [9.17, 15) is 9.59 Å². The summed E-state index contributed by atoms with van der Waals surface area (Å²) < 4.78 is 7.33. The molecule has 0 spiro atoms. The number of hydrogen-bond acceptors (Lipinski definition) is 4. The first-order chi connectivity index (χ1) is 14.7. The number of benzene rings is 2. The van der Waals surface area contributed by atoms with Crippen LogP contribution in [0, 0.1) is 0 Å². The number of aromatic nitrogens is 2. The van der Waals surface area contributed by atoms with Gasteiger partial charge in [-0.3, -0.25) is 9.59 Å². The second-order valence-corrected chi connectivity index (χ2v) is 6.63. The number of nitrogens with zero attached hydrogens (tertiary/aromatic N) is 2. The van der Waals surface area contributed by atoms with Crippen LogP contribution in [0.3, 0.4) is 0 Å². The smallest absolute Gasteiger partial charge is 0.272 e. The maximum absolute atomic E-state index is 12.2. The van der Waals surface area contributed by atoms with E-state index < -0.39 is 5.91 Å². The van der Waals surface area contributed by atoms with Crippen molar-refractivity contribution in [3.8, 4) is 5.75 Å². The third-order valence-electron chi connectivity index (χ3n) is 4.40. The Morgan fingerprint density at radius 1 is 0.933 bits per heavy atom. The molecule has 0 saturated carbocycles. The lowest BCUT2D eigenvalue weighted by atomic mass is 10.2. The highest BCUT2D eigenvalue weighted by Gasteiger charge is 2.12. The van der Waals surface area contributed by atoms with Crippen molar-refractivity contribution in [2.24, 2.45) is 0 Å². The minimum Gasteiger partial charge on any atom is -0.489 e. The van der Waals surface area contributed by atoms with Gasteiger partial charge in [-0.05, 0) is 48.0 Å². The number of carbonyl (C=O) groups excluding carboxylic acids is 2. The maximum atomic E-state index is 12.2. The standard InChI is InChI=1S/C23H20N4O3/c28-22(15-24-23(29)21-14-19-8-4-5-13-27(19)26-21)25-18-9-11-20(12-10-18)30-16-17-6-2-1-3-7-17/h1-14H,15-16H2,(H,24,29)(H,25,28). The zero-order valence-corrected chi connectivity index (χ0v) is 16.1. The van der Waals surface area contributed by atoms with Gasteiger partial charge in [-0.15, -0.1) is 0 Å². The number of fused-ring (bicyclic) bond motifs is 1. The number of carbonyl (C=O) groups is 2. The highest BCUT2D eigenvalue weighted by Crippen LogP contribution is 2.17. The molecule has 4 aromatic rings. The number of rotatable bonds is 7. The first-order valence-electron chi connectivity index (χ1n) is 9.47. The molecule has 0 aliphatic heterocycles. The molecule has 7 nitrogen and oxygen atoms in total. The Morgan fingerprint density at radius 2 is 1.70 bits per heavy atom. The van der Waals surface area contributed by atoms with E-state index >= 15 is 0 Å². The Bertz CT molecular complexity index is 1120. The lowest BCUT2D eigenvalue weighted by molar-refractivity contribution is -0.115. The van der Waals surface area contributed by atoms with E-state index in [1.165, 1.54) is 0 Å². The van der Waals surface area contributed by atoms with E-state index in [1.807, 2.05) is 48.5 Å². The van der Waals surface area contributed by atoms with Gasteiger partial charge in [-0.1, -0.05) is 36.4 Å². The molecule has 30 heavy (non-hydrogen) atoms. The largest absolute Gasteiger partial charge is 0.489 e. The van der Waals surface area contributed by atoms with E-state index in [0.717, 1.165) is 11.1 Å². The van der Waals surface area contributed by atoms with E-state index in [4.69, 9.17) is 4.74 Å². The Hall–Kier alpha value is -4.13. The third kappa shape index (κ3) is 4.82. The van der Waals surface area contributed by atoms with E-state index in [0.29, 0.717) is 18.0 Å². The van der Waals surface area contributed by atoms with Crippen LogP contribution in [0.4, 0.5) is 5.69 Å². The molecule has 0 bridgehead atoms. The predicted octanol–water partition coefficient (Wildman–Crippen LogP) is 3.28. The topological polar surface area (TPSA) is 84.7 Å². The molecule has 0 unspecified atom stereocenters. The summed E-state index contributed by atoms with van der Waals surface area (Å²) >= 11 is 0. The zero-order chi connectivity index (χ0) is 20.8. The van der Waals surface area contributed by atoms with Gasteiger partial charge in [0.2, 0.25) is 5.91 Å². The molecule has 2 amide bonds. The molecule has 2 aromatic carbocycles. The van der Waals surface area contributed by atoms with Crippen LogP contribution >= 0.6 is 0 Å². The summed E-state index contributed by atoms with van der Waals surface area (Å²) in [4.78, 5) is 24.4. The average molecular weight is 400 g/mol. The van der Waals surface area contributed by atoms with Crippen molar-refractivity contribution in [3.63, 3.8) is 0 Å². The molecule has 0 aliphatic carbocycles. The van der Waals surface area contributed by atoms with E-state index in [1.54, 1.807) is 41.0 Å². The summed E-state index contributed by atoms with van der Waals surface area (Å²) in [7, 11) is 0. The highest BCUT2D eigenvalue weighted by molar-refractivity contribution is 5.98. The van der Waals surface area contributed by atoms with Crippen molar-refractivity contribution in [2.45, 2.75) is 6.61 Å². The number of pyridine rings is 1. The van der Waals surface area contributed by atoms with Crippen LogP contribution in [0.1, 0.15) is 16.1 Å². The molecule has 0 atom stereocenters. The van der Waals surface area contributed by atoms with Crippen molar-refractivity contribution >= 4 is 23.0 Å². The molecule has 0 aliphatic rings. The second-order valence-electron chi connectivity index (χ2n) is 6.63. The number of amides is 2. The lowest BCUT2D eigenvalue weighted by Gasteiger charge is -2.09. The monoisotopic (exact) mass is 400 g/mol. The molecule has 7 heteroatoms. The Morgan fingerprint density at radius 3 is 2.47 bits per heavy atom. The molecule has 150 valence electrons. The van der Waals surface area contributed by atoms with Gasteiger partial charge in [0.1, 0.15) is 12.4 Å². The zero-order valence-electron chi connectivity index (χ0n) is 16.1. The van der Waals surface area contributed by atoms with Crippen molar-refractivity contribution in [3.05, 3.63) is 96.3 Å². The van der Waals surface area contributed by atoms with Crippen molar-refractivity contribution in [1.29, 1.82) is 0 Å². The lowest BCUT2D eigenvalue weighted by Crippen LogP contribution is -2.33. The number of ether oxygens (including phenoxy) is 1. The van der Waals surface area contributed by atoms with Gasteiger partial charge < -0.3 is 15.4 Å². The Kier molecular flexibility index (Phi) is 5.70. The quantitative estimate of drug-likeness (QED) is 0.499. The first kappa shape index (κ1) is 19.2. The summed E-state index contributed by atoms with van der Waals surface area (Å²) in [5.41, 5.74) is 2.76. The van der Waals surface area contributed by atoms with Crippen LogP contribution in [-0.2, 0) is 11.4 Å². The molecule has 2 heterocycles. The number of anilines is 1. The van der Waals surface area contributed by atoms with Gasteiger partial charge in [0.15, 0.2) is 5.69 Å². The van der Waals surface area contributed by atoms with Gasteiger partial charge in [-0.25, -0.2) is 4.52 Å². The molecule has 0 radical (unpaired) electrons. The summed E-state index contributed by atoms with van der Waals surface area (Å²) in [6.45, 7) is 0.320. The van der Waals surface area contributed by atoms with E-state index in [2.05, 4.69) is 15.7 Å². The van der Waals surface area contributed by atoms with Crippen LogP contribution in [0.15, 0.2) is 85.1 Å². The average Bonchev–Trinajstić information content (AvgIpc) is 3.22. The van der Waals surface area contributed by atoms with Gasteiger partial charge in [0.25, 0.3) is 5.91 Å². The minimum absolute atomic E-state index is 0.154. The summed E-state index contributed by atoms with van der Waals surface area (Å²) in [5, 5.41) is 9.50. The van der Waals surface area contributed by atoms with Crippen LogP contribution in [0.25, 0.3) is 5.52 Å². The Balaban J connectivity index is 1.25. The number of nitrogens with one attached hydrogen (secondary N) is 2. The van der Waals surface area contributed by atoms with Crippen molar-refractivity contribution in [2.75, 3.05) is 11.9 Å². The SMILES string of the molecule is O=C(CNC(=O)c1cc2ccccn2n1)Nc1ccc(OCc2ccccc2)cc1. The molecular weight excluding hydrogens is 380 g/mol. The van der Waals surface area contributed by atoms with Crippen molar-refractivity contribution < 1.29 is 14.3 Å². The highest BCUT2D eigenvalue weighted by atomic mass is 16.5. The third-order valence-corrected chi connectivity index (χ3v) is 4.40. The molecule has 4 rings (SSSR count). The fourth-order valence-corrected chi connectivity index (χ4v) is 2.88. The second kappa shape index (κ2) is 8.91. The van der Waals surface area contributed by atoms with Gasteiger partial charge in [-0.2, -0.15) is 5.10 Å². The van der Waals surface area contributed by atoms with Gasteiger partial charge >= 0.3 is 0 Å². The van der Waals surface area contributed by atoms with Gasteiger partial charge in [0.05, 0.1) is 12.1 Å². The van der Waals surface area contributed by atoms with Crippen LogP contribution in [0.2, 0.25) is 0 Å². The normalized spacial score (nSPS) is 10.5.